The molecule has 12 rings (SSSR count). The SMILES string of the molecule is Nc1nc2c(-c3ccc(CCOn4nnc(-c5c(-c6cccc7sc(N)nc67)ccc(C(F)CO)c5S(N)(=O)=O)n4)c(S(N)(=O)=O)c3-c3nnn(OCCc4ccc(-c5cccc6ncccc56)c(-c5nn[nH]n5)c4S(N)(=O)=O)n3)cccc2s1. The number of anilines is 2. The molecule has 0 amide bonds. The van der Waals surface area contributed by atoms with Gasteiger partial charge in [-0.25, -0.2) is 55.0 Å². The smallest absolute Gasteiger partial charge is 0.239 e. The highest BCUT2D eigenvalue weighted by molar-refractivity contribution is 7.90. The average Bonchev–Trinajstić information content (AvgIpc) is 1.91. The first-order chi connectivity index (χ1) is 40.7. The van der Waals surface area contributed by atoms with Crippen LogP contribution < -0.4 is 36.6 Å². The van der Waals surface area contributed by atoms with Gasteiger partial charge >= 0.3 is 0 Å². The lowest BCUT2D eigenvalue weighted by molar-refractivity contribution is 0.0520. The predicted octanol–water partition coefficient (Wildman–Crippen LogP) is 3.39. The van der Waals surface area contributed by atoms with Gasteiger partial charge < -0.3 is 26.2 Å². The Hall–Kier alpha value is -9.46. The van der Waals surface area contributed by atoms with Gasteiger partial charge in [-0.15, -0.1) is 20.4 Å². The predicted molar refractivity (Wildman–Crippen MR) is 308 cm³/mol. The van der Waals surface area contributed by atoms with Crippen LogP contribution in [0, 0.1) is 0 Å². The Bertz CT molecular complexity index is 4960. The van der Waals surface area contributed by atoms with E-state index in [0.717, 1.165) is 4.96 Å². The van der Waals surface area contributed by atoms with Gasteiger partial charge in [0.2, 0.25) is 47.5 Å². The minimum atomic E-state index is -4.80. The van der Waals surface area contributed by atoms with Crippen molar-refractivity contribution in [3.05, 3.63) is 126 Å². The number of hydrogen-bond donors (Lipinski definition) is 7. The summed E-state index contributed by atoms with van der Waals surface area (Å²) in [6.45, 7) is -1.78. The first kappa shape index (κ1) is 56.0. The van der Waals surface area contributed by atoms with Crippen molar-refractivity contribution < 1.29 is 44.4 Å². The molecule has 0 aliphatic carbocycles. The van der Waals surface area contributed by atoms with Crippen molar-refractivity contribution in [2.24, 2.45) is 15.4 Å². The van der Waals surface area contributed by atoms with E-state index >= 15 is 4.39 Å². The van der Waals surface area contributed by atoms with E-state index in [-0.39, 0.29) is 85.2 Å². The molecule has 6 heterocycles. The van der Waals surface area contributed by atoms with E-state index in [1.165, 1.54) is 40.9 Å². The van der Waals surface area contributed by atoms with Crippen LogP contribution in [0.2, 0.25) is 0 Å². The summed E-state index contributed by atoms with van der Waals surface area (Å²) in [5.74, 6) is -0.748. The molecule has 0 aliphatic rings. The molecular formula is C50H41FN20O9S5. The minimum Gasteiger partial charge on any atom is -0.393 e. The number of rotatable bonds is 19. The van der Waals surface area contributed by atoms with E-state index in [1.54, 1.807) is 79.0 Å². The zero-order chi connectivity index (χ0) is 59.5. The third-order valence-electron chi connectivity index (χ3n) is 13.4. The molecule has 0 radical (unpaired) electrons. The van der Waals surface area contributed by atoms with Gasteiger partial charge in [0.25, 0.3) is 0 Å². The molecule has 432 valence electrons. The molecule has 12 aromatic rings. The van der Waals surface area contributed by atoms with Crippen LogP contribution in [0.1, 0.15) is 22.9 Å². The van der Waals surface area contributed by atoms with Crippen molar-refractivity contribution in [2.75, 3.05) is 31.3 Å². The summed E-state index contributed by atoms with van der Waals surface area (Å²) in [4.78, 5) is 25.0. The van der Waals surface area contributed by atoms with Gasteiger partial charge in [0.05, 0.1) is 63.9 Å². The highest BCUT2D eigenvalue weighted by Gasteiger charge is 2.33. The number of nitrogen functional groups attached to an aromatic ring is 2. The number of primary sulfonamides is 3. The molecule has 0 aliphatic heterocycles. The normalized spacial score (nSPS) is 12.6. The third-order valence-corrected chi connectivity index (χ3v) is 18.1. The lowest BCUT2D eigenvalue weighted by Gasteiger charge is -2.17. The van der Waals surface area contributed by atoms with Gasteiger partial charge in [-0.3, -0.25) is 4.98 Å². The number of tetrazole rings is 3. The van der Waals surface area contributed by atoms with Gasteiger partial charge in [-0.05, 0) is 73.3 Å². The van der Waals surface area contributed by atoms with Crippen molar-refractivity contribution in [1.29, 1.82) is 0 Å². The number of nitrogens with two attached hydrogens (primary N) is 5. The number of benzene rings is 6. The Morgan fingerprint density at radius 2 is 1.07 bits per heavy atom. The number of fused-ring (bicyclic) bond motifs is 3. The number of sulfonamides is 3. The van der Waals surface area contributed by atoms with Crippen molar-refractivity contribution in [3.8, 4) is 67.5 Å². The summed E-state index contributed by atoms with van der Waals surface area (Å²) >= 11 is 2.37. The maximum absolute atomic E-state index is 15.4. The van der Waals surface area contributed by atoms with Crippen LogP contribution in [-0.4, -0.2) is 126 Å². The van der Waals surface area contributed by atoms with Gasteiger partial charge in [-0.2, -0.15) is 5.21 Å². The number of H-pyrrole nitrogens is 1. The van der Waals surface area contributed by atoms with Crippen LogP contribution in [0.5, 0.6) is 0 Å². The fraction of sp³-hybridized carbons (Fsp3) is 0.120. The molecule has 0 bridgehead atoms. The molecule has 6 aromatic heterocycles. The summed E-state index contributed by atoms with van der Waals surface area (Å²) in [6, 6.07) is 28.1. The first-order valence-electron chi connectivity index (χ1n) is 24.8. The molecule has 1 atom stereocenters. The monoisotopic (exact) mass is 1240 g/mol. The second kappa shape index (κ2) is 21.9. The highest BCUT2D eigenvalue weighted by atomic mass is 32.2. The summed E-state index contributed by atoms with van der Waals surface area (Å²) in [5, 5.41) is 68.0. The van der Waals surface area contributed by atoms with Gasteiger partial charge in [0, 0.05) is 51.0 Å². The zero-order valence-corrected chi connectivity index (χ0v) is 47.4. The van der Waals surface area contributed by atoms with Crippen LogP contribution in [0.25, 0.3) is 98.9 Å². The number of para-hydroxylation sites is 2. The minimum absolute atomic E-state index is 0.0560. The molecule has 12 N–H and O–H groups in total. The van der Waals surface area contributed by atoms with Gasteiger partial charge in [0.15, 0.2) is 10.3 Å². The van der Waals surface area contributed by atoms with Crippen LogP contribution in [0.15, 0.2) is 124 Å². The topological polar surface area (TPSA) is 452 Å². The third kappa shape index (κ3) is 10.7. The molecule has 0 saturated carbocycles. The molecular weight excluding hydrogens is 1200 g/mol. The summed E-state index contributed by atoms with van der Waals surface area (Å²) in [5.41, 5.74) is 15.2. The fourth-order valence-corrected chi connectivity index (χ4v) is 14.6. The van der Waals surface area contributed by atoms with E-state index in [4.69, 9.17) is 36.6 Å². The molecule has 35 heteroatoms. The number of halogens is 1. The lowest BCUT2D eigenvalue weighted by atomic mass is 9.93. The molecule has 0 spiro atoms. The molecule has 85 heavy (non-hydrogen) atoms. The van der Waals surface area contributed by atoms with Crippen molar-refractivity contribution >= 4 is 94.3 Å². The number of pyridine rings is 1. The van der Waals surface area contributed by atoms with Gasteiger partial charge in [0.1, 0.15) is 19.4 Å². The van der Waals surface area contributed by atoms with E-state index < -0.39 is 70.6 Å². The van der Waals surface area contributed by atoms with E-state index in [9.17, 15) is 30.4 Å². The van der Waals surface area contributed by atoms with Crippen molar-refractivity contribution in [2.45, 2.75) is 33.7 Å². The van der Waals surface area contributed by atoms with Crippen LogP contribution in [0.4, 0.5) is 14.7 Å². The second-order valence-corrected chi connectivity index (χ2v) is 25.2. The Kier molecular flexibility index (Phi) is 14.5. The van der Waals surface area contributed by atoms with Crippen LogP contribution >= 0.6 is 22.7 Å². The Morgan fingerprint density at radius 1 is 0.576 bits per heavy atom. The number of thiazole rings is 2. The number of aromatic nitrogens is 15. The second-order valence-electron chi connectivity index (χ2n) is 18.6. The largest absolute Gasteiger partial charge is 0.393 e. The van der Waals surface area contributed by atoms with Crippen molar-refractivity contribution in [3.63, 3.8) is 0 Å². The maximum atomic E-state index is 15.4. The quantitative estimate of drug-likeness (QED) is 0.0610. The number of nitrogens with zero attached hydrogens (tertiary/aromatic N) is 14. The molecule has 29 nitrogen and oxygen atoms in total. The van der Waals surface area contributed by atoms with Crippen LogP contribution in [-0.2, 0) is 42.9 Å². The number of aromatic amines is 1. The standard InChI is InChI=1S/C50H41FN20O9S5/c51-34(23-72)33-17-16-30(32-7-3-11-37-42(32)59-50(53)82-37)40(45(33)85(56,77)78)48-63-69-71(65-48)80-22-19-25-13-15-29(31-6-2-10-36-41(31)58-49(52)81-36)39(44(25)84(55,75)76)47-62-68-70(64-47)79-21-18-24-12-14-28(26-5-1-9-35-27(26)8-4-20-57-35)38(43(24)83(54,73)74)46-60-66-67-61-46/h1-17,20,34,72H,18-19,21-23H2,(H2,52,58)(H2,53,59)(H2,54,73,74)(H2,55,75,76)(H2,56,77,78)(H,60,61,66,67). The fourth-order valence-electron chi connectivity index (χ4n) is 10.0. The van der Waals surface area contributed by atoms with Crippen molar-refractivity contribution in [1.82, 2.24) is 76.3 Å². The molecule has 6 aromatic carbocycles. The number of nitrogens with one attached hydrogen (secondary N) is 1. The summed E-state index contributed by atoms with van der Waals surface area (Å²) in [7, 11) is -14.1. The number of aliphatic hydroxyl groups is 1. The highest BCUT2D eigenvalue weighted by Crippen LogP contribution is 2.45. The van der Waals surface area contributed by atoms with Gasteiger partial charge in [-0.1, -0.05) is 112 Å². The molecule has 1 unspecified atom stereocenters. The number of alkyl halides is 1. The molecule has 0 fully saturated rings. The molecule has 0 saturated heterocycles. The first-order valence-corrected chi connectivity index (χ1v) is 31.1. The lowest BCUT2D eigenvalue weighted by Crippen LogP contribution is -2.21. The number of aliphatic hydroxyl groups excluding tert-OH is 1. The zero-order valence-electron chi connectivity index (χ0n) is 43.3. The van der Waals surface area contributed by atoms with Crippen LogP contribution in [0.3, 0.4) is 0 Å². The Morgan fingerprint density at radius 3 is 1.59 bits per heavy atom. The van der Waals surface area contributed by atoms with E-state index in [2.05, 4.69) is 66.4 Å². The van der Waals surface area contributed by atoms with E-state index in [1.807, 2.05) is 12.1 Å². The average molecular weight is 1250 g/mol. The summed E-state index contributed by atoms with van der Waals surface area (Å²) in [6.07, 6.45) is -0.928. The van der Waals surface area contributed by atoms with E-state index in [0.29, 0.717) is 58.5 Å². The maximum Gasteiger partial charge on any atom is 0.239 e. The Balaban J connectivity index is 0.882. The summed E-state index contributed by atoms with van der Waals surface area (Å²) < 4.78 is 98.8. The number of hydrogen-bond acceptors (Lipinski definition) is 25. The Labute approximate surface area is 486 Å².